The average Bonchev–Trinajstić information content (AvgIpc) is 3.85. The summed E-state index contributed by atoms with van der Waals surface area (Å²) >= 11 is 0. The molecule has 11 nitrogen and oxygen atoms in total. The van der Waals surface area contributed by atoms with E-state index in [-0.39, 0.29) is 23.0 Å². The van der Waals surface area contributed by atoms with Crippen LogP contribution in [0.5, 0.6) is 0 Å². The highest BCUT2D eigenvalue weighted by Gasteiger charge is 2.51. The van der Waals surface area contributed by atoms with E-state index in [1.807, 2.05) is 84.1 Å². The lowest BCUT2D eigenvalue weighted by atomic mass is 9.76. The Balaban J connectivity index is 1.74. The Hall–Kier alpha value is -4.24. The molecule has 0 aromatic heterocycles. The summed E-state index contributed by atoms with van der Waals surface area (Å²) in [5.41, 5.74) is -0.840. The molecule has 3 atom stereocenters. The lowest BCUT2D eigenvalue weighted by Gasteiger charge is -2.40. The summed E-state index contributed by atoms with van der Waals surface area (Å²) < 4.78 is 66.5. The Morgan fingerprint density at radius 1 is 0.907 bits per heavy atom. The summed E-state index contributed by atoms with van der Waals surface area (Å²) in [7, 11) is -0.962. The first-order chi connectivity index (χ1) is 24.8. The Morgan fingerprint density at radius 3 is 1.93 bits per heavy atom. The number of nitrogens with one attached hydrogen (secondary N) is 4. The molecule has 0 radical (unpaired) electrons. The first kappa shape index (κ1) is 44.2. The molecule has 54 heavy (non-hydrogen) atoms. The lowest BCUT2D eigenvalue weighted by Crippen LogP contribution is -2.61. The van der Waals surface area contributed by atoms with Gasteiger partial charge in [0.2, 0.25) is 21.8 Å². The molecule has 2 aromatic rings. The minimum absolute atomic E-state index is 0.0413. The minimum Gasteiger partial charge on any atom is -0.342 e. The van der Waals surface area contributed by atoms with E-state index in [1.165, 1.54) is 42.2 Å². The number of nitrogens with zero attached hydrogens (tertiary/aromatic N) is 1. The topological polar surface area (TPSA) is 154 Å². The molecule has 15 heteroatoms. The molecule has 0 saturated heterocycles. The van der Waals surface area contributed by atoms with Crippen molar-refractivity contribution >= 4 is 33.7 Å². The van der Waals surface area contributed by atoms with Crippen LogP contribution < -0.4 is 20.7 Å². The van der Waals surface area contributed by atoms with Crippen LogP contribution >= 0.6 is 0 Å². The van der Waals surface area contributed by atoms with Crippen LogP contribution in [0, 0.1) is 11.3 Å². The van der Waals surface area contributed by atoms with Crippen LogP contribution in [0.1, 0.15) is 84.9 Å². The van der Waals surface area contributed by atoms with Crippen molar-refractivity contribution in [3.05, 3.63) is 82.9 Å². The molecule has 4 amide bonds. The smallest absolute Gasteiger partial charge is 0.342 e. The first-order valence-corrected chi connectivity index (χ1v) is 19.4. The van der Waals surface area contributed by atoms with Gasteiger partial charge in [0.25, 0.3) is 5.91 Å². The van der Waals surface area contributed by atoms with E-state index in [2.05, 4.69) is 15.4 Å². The number of amides is 4. The van der Waals surface area contributed by atoms with Crippen LogP contribution in [0.3, 0.4) is 0 Å². The summed E-state index contributed by atoms with van der Waals surface area (Å²) in [6.45, 7) is 14.5. The Kier molecular flexibility index (Phi) is 13.6. The molecule has 3 unspecified atom stereocenters. The zero-order chi connectivity index (χ0) is 41.0. The number of carbonyl (C=O) groups excluding carboxylic acids is 4. The van der Waals surface area contributed by atoms with Crippen molar-refractivity contribution < 1.29 is 40.8 Å². The first-order valence-electron chi connectivity index (χ1n) is 17.8. The van der Waals surface area contributed by atoms with Gasteiger partial charge in [0, 0.05) is 18.0 Å². The van der Waals surface area contributed by atoms with Crippen LogP contribution in [0.2, 0.25) is 0 Å². The van der Waals surface area contributed by atoms with Crippen LogP contribution in [0.15, 0.2) is 66.2 Å². The fourth-order valence-corrected chi connectivity index (χ4v) is 7.61. The normalized spacial score (nSPS) is 16.5. The van der Waals surface area contributed by atoms with Gasteiger partial charge in [-0.05, 0) is 54.8 Å². The van der Waals surface area contributed by atoms with Gasteiger partial charge in [-0.25, -0.2) is 13.1 Å². The van der Waals surface area contributed by atoms with Gasteiger partial charge < -0.3 is 20.9 Å². The lowest BCUT2D eigenvalue weighted by molar-refractivity contribution is -0.174. The third kappa shape index (κ3) is 10.9. The van der Waals surface area contributed by atoms with Crippen LogP contribution in [-0.2, 0) is 45.9 Å². The Morgan fingerprint density at radius 2 is 1.46 bits per heavy atom. The molecule has 0 bridgehead atoms. The van der Waals surface area contributed by atoms with Gasteiger partial charge in [-0.3, -0.25) is 19.2 Å². The molecule has 0 heterocycles. The van der Waals surface area contributed by atoms with Crippen LogP contribution in [0.25, 0.3) is 0 Å². The maximum Gasteiger partial charge on any atom is 0.471 e. The molecule has 1 saturated carbocycles. The molecule has 2 aromatic carbocycles. The van der Waals surface area contributed by atoms with Crippen molar-refractivity contribution in [2.75, 3.05) is 14.1 Å². The molecule has 3 rings (SSSR count). The van der Waals surface area contributed by atoms with Gasteiger partial charge >= 0.3 is 12.1 Å². The van der Waals surface area contributed by atoms with Gasteiger partial charge in [-0.1, -0.05) is 109 Å². The quantitative estimate of drug-likeness (QED) is 0.189. The highest BCUT2D eigenvalue weighted by Crippen LogP contribution is 2.46. The number of sulfonamides is 1. The summed E-state index contributed by atoms with van der Waals surface area (Å²) in [6.07, 6.45) is -2.90. The summed E-state index contributed by atoms with van der Waals surface area (Å²) in [6, 6.07) is 13.0. The summed E-state index contributed by atoms with van der Waals surface area (Å²) in [5, 5.41) is 8.11. The zero-order valence-electron chi connectivity index (χ0n) is 32.6. The highest BCUT2D eigenvalue weighted by molar-refractivity contribution is 7.89. The van der Waals surface area contributed by atoms with Crippen molar-refractivity contribution in [1.29, 1.82) is 0 Å². The summed E-state index contributed by atoms with van der Waals surface area (Å²) in [4.78, 5) is 54.1. The van der Waals surface area contributed by atoms with E-state index in [1.54, 1.807) is 14.1 Å². The molecular formula is C39H54F3N5O6S. The SMILES string of the molecule is CNC(C(=O)NC(C(=O)N(C)C(C=C(C)C(=O)NS(=O)(=O)Cc1ccc(C2(NC(=O)C(F)(F)F)CC2)cc1)C(C)C)C(C)(C)C)C(C)(C)c1ccccc1. The van der Waals surface area contributed by atoms with E-state index in [0.717, 1.165) is 5.56 Å². The highest BCUT2D eigenvalue weighted by atomic mass is 32.2. The Bertz CT molecular complexity index is 1820. The monoisotopic (exact) mass is 777 g/mol. The number of hydrogen-bond acceptors (Lipinski definition) is 7. The molecule has 0 aliphatic heterocycles. The van der Waals surface area contributed by atoms with Crippen molar-refractivity contribution in [3.63, 3.8) is 0 Å². The van der Waals surface area contributed by atoms with E-state index >= 15 is 0 Å². The third-order valence-corrected chi connectivity index (χ3v) is 11.1. The van der Waals surface area contributed by atoms with Crippen LogP contribution in [-0.4, -0.2) is 75.3 Å². The van der Waals surface area contributed by atoms with Gasteiger partial charge in [-0.2, -0.15) is 13.2 Å². The van der Waals surface area contributed by atoms with Crippen LogP contribution in [0.4, 0.5) is 13.2 Å². The number of likely N-dealkylation sites (N-methyl/N-ethyl adjacent to an activating group) is 2. The van der Waals surface area contributed by atoms with E-state index < -0.39 is 74.2 Å². The van der Waals surface area contributed by atoms with Gasteiger partial charge in [0.05, 0.1) is 23.4 Å². The zero-order valence-corrected chi connectivity index (χ0v) is 33.5. The fourth-order valence-electron chi connectivity index (χ4n) is 6.46. The van der Waals surface area contributed by atoms with E-state index in [9.17, 15) is 40.8 Å². The third-order valence-electron chi connectivity index (χ3n) is 9.92. The predicted octanol–water partition coefficient (Wildman–Crippen LogP) is 4.83. The number of halogens is 3. The molecule has 1 aliphatic carbocycles. The minimum atomic E-state index is -5.03. The Labute approximate surface area is 317 Å². The molecule has 0 spiro atoms. The van der Waals surface area contributed by atoms with Gasteiger partial charge in [0.1, 0.15) is 6.04 Å². The second-order valence-electron chi connectivity index (χ2n) is 16.1. The second kappa shape index (κ2) is 16.6. The number of hydrogen-bond donors (Lipinski definition) is 4. The molecule has 1 fully saturated rings. The molecule has 1 aliphatic rings. The maximum absolute atomic E-state index is 14.2. The van der Waals surface area contributed by atoms with E-state index in [4.69, 9.17) is 0 Å². The number of carbonyl (C=O) groups is 4. The second-order valence-corrected chi connectivity index (χ2v) is 17.8. The summed E-state index contributed by atoms with van der Waals surface area (Å²) in [5.74, 6) is -4.51. The molecule has 4 N–H and O–H groups in total. The largest absolute Gasteiger partial charge is 0.471 e. The van der Waals surface area contributed by atoms with Crippen molar-refractivity contribution in [2.45, 2.75) is 109 Å². The fraction of sp³-hybridized carbons (Fsp3) is 0.538. The number of alkyl halides is 3. The number of rotatable bonds is 15. The van der Waals surface area contributed by atoms with Crippen molar-refractivity contribution in [3.8, 4) is 0 Å². The number of benzene rings is 2. The molecular weight excluding hydrogens is 724 g/mol. The average molecular weight is 778 g/mol. The van der Waals surface area contributed by atoms with Crippen molar-refractivity contribution in [2.24, 2.45) is 11.3 Å². The predicted molar refractivity (Wildman–Crippen MR) is 201 cm³/mol. The van der Waals surface area contributed by atoms with Crippen molar-refractivity contribution in [1.82, 2.24) is 25.6 Å². The standard InChI is InChI=1S/C39H54F3N5O6S/c1-24(2)29(47(10)34(50)31(36(4,5)6)44-33(49)30(43-9)37(7,8)27-14-12-11-13-15-27)22-25(3)32(48)46-54(52,53)23-26-16-18-28(19-17-26)38(20-21-38)45-35(51)39(40,41)42/h11-19,22,24,29-31,43H,20-21,23H2,1-10H3,(H,44,49)(H,45,51)(H,46,48). The van der Waals surface area contributed by atoms with Gasteiger partial charge in [0.15, 0.2) is 0 Å². The van der Waals surface area contributed by atoms with E-state index in [0.29, 0.717) is 18.4 Å². The van der Waals surface area contributed by atoms with Gasteiger partial charge in [-0.15, -0.1) is 0 Å². The maximum atomic E-state index is 14.2. The molecule has 298 valence electrons.